The third kappa shape index (κ3) is 2.56. The third-order valence-corrected chi connectivity index (χ3v) is 3.39. The van der Waals surface area contributed by atoms with Gasteiger partial charge < -0.3 is 10.0 Å². The summed E-state index contributed by atoms with van der Waals surface area (Å²) in [4.78, 5) is 6.43. The van der Waals surface area contributed by atoms with E-state index in [4.69, 9.17) is 5.26 Å². The van der Waals surface area contributed by atoms with Gasteiger partial charge in [0.25, 0.3) is 0 Å². The minimum absolute atomic E-state index is 0.278. The Labute approximate surface area is 102 Å². The Morgan fingerprint density at radius 1 is 1.53 bits per heavy atom. The number of anilines is 1. The van der Waals surface area contributed by atoms with Gasteiger partial charge in [-0.1, -0.05) is 0 Å². The van der Waals surface area contributed by atoms with Crippen LogP contribution < -0.4 is 4.90 Å². The van der Waals surface area contributed by atoms with Gasteiger partial charge >= 0.3 is 0 Å². The molecular formula is C13H17N3O. The molecule has 1 N–H and O–H groups in total. The molecule has 0 bridgehead atoms. The van der Waals surface area contributed by atoms with Crippen LogP contribution in [-0.2, 0) is 0 Å². The molecule has 4 heteroatoms. The summed E-state index contributed by atoms with van der Waals surface area (Å²) >= 11 is 0. The van der Waals surface area contributed by atoms with Crippen molar-refractivity contribution in [1.82, 2.24) is 4.98 Å². The maximum absolute atomic E-state index is 9.97. The highest BCUT2D eigenvalue weighted by Gasteiger charge is 2.33. The second-order valence-electron chi connectivity index (χ2n) is 5.10. The Kier molecular flexibility index (Phi) is 3.03. The summed E-state index contributed by atoms with van der Waals surface area (Å²) in [5.74, 6) is 1.16. The molecule has 0 radical (unpaired) electrons. The van der Waals surface area contributed by atoms with Crippen LogP contribution in [0.2, 0.25) is 0 Å². The predicted molar refractivity (Wildman–Crippen MR) is 65.6 cm³/mol. The molecule has 1 atom stereocenters. The molecule has 17 heavy (non-hydrogen) atoms. The zero-order chi connectivity index (χ0) is 12.5. The molecule has 90 valence electrons. The van der Waals surface area contributed by atoms with Crippen molar-refractivity contribution in [2.45, 2.75) is 25.9 Å². The van der Waals surface area contributed by atoms with Crippen molar-refractivity contribution in [3.05, 3.63) is 23.9 Å². The Balaban J connectivity index is 2.08. The minimum atomic E-state index is -0.638. The maximum atomic E-state index is 9.97. The summed E-state index contributed by atoms with van der Waals surface area (Å²) in [6, 6.07) is 5.70. The first kappa shape index (κ1) is 11.9. The van der Waals surface area contributed by atoms with Gasteiger partial charge in [-0.05, 0) is 32.4 Å². The molecule has 0 amide bonds. The van der Waals surface area contributed by atoms with Gasteiger partial charge in [-0.2, -0.15) is 5.26 Å². The van der Waals surface area contributed by atoms with Crippen molar-refractivity contribution in [3.8, 4) is 6.07 Å². The molecule has 1 fully saturated rings. The first-order chi connectivity index (χ1) is 8.00. The molecule has 0 spiro atoms. The summed E-state index contributed by atoms with van der Waals surface area (Å²) in [5.41, 5.74) is -0.0616. The largest absolute Gasteiger partial charge is 0.390 e. The van der Waals surface area contributed by atoms with Gasteiger partial charge in [0.1, 0.15) is 11.9 Å². The highest BCUT2D eigenvalue weighted by atomic mass is 16.3. The average molecular weight is 231 g/mol. The van der Waals surface area contributed by atoms with Crippen LogP contribution in [0.15, 0.2) is 18.3 Å². The standard InChI is InChI=1S/C13H17N3O/c1-13(2,17)11-5-6-16(9-11)12-4-3-10(7-14)8-15-12/h3-4,8,11,17H,5-6,9H2,1-2H3/t11-/m0/s1. The fraction of sp³-hybridized carbons (Fsp3) is 0.538. The molecule has 1 aliphatic heterocycles. The first-order valence-electron chi connectivity index (χ1n) is 5.84. The normalized spacial score (nSPS) is 20.4. The lowest BCUT2D eigenvalue weighted by molar-refractivity contribution is 0.0263. The van der Waals surface area contributed by atoms with Gasteiger partial charge in [0.15, 0.2) is 0 Å². The van der Waals surface area contributed by atoms with Gasteiger partial charge in [-0.3, -0.25) is 0 Å². The number of hydrogen-bond acceptors (Lipinski definition) is 4. The lowest BCUT2D eigenvalue weighted by Crippen LogP contribution is -2.33. The van der Waals surface area contributed by atoms with Crippen LogP contribution in [0.5, 0.6) is 0 Å². The van der Waals surface area contributed by atoms with Gasteiger partial charge in [0.05, 0.1) is 11.2 Å². The highest BCUT2D eigenvalue weighted by Crippen LogP contribution is 2.29. The minimum Gasteiger partial charge on any atom is -0.390 e. The number of aromatic nitrogens is 1. The lowest BCUT2D eigenvalue weighted by atomic mass is 9.90. The SMILES string of the molecule is CC(C)(O)[C@H]1CCN(c2ccc(C#N)cn2)C1. The maximum Gasteiger partial charge on any atom is 0.128 e. The second kappa shape index (κ2) is 4.34. The van der Waals surface area contributed by atoms with E-state index in [1.165, 1.54) is 0 Å². The molecule has 0 saturated carbocycles. The number of hydrogen-bond donors (Lipinski definition) is 1. The molecule has 4 nitrogen and oxygen atoms in total. The monoisotopic (exact) mass is 231 g/mol. The predicted octanol–water partition coefficient (Wildman–Crippen LogP) is 1.55. The van der Waals surface area contributed by atoms with E-state index in [1.54, 1.807) is 12.3 Å². The Morgan fingerprint density at radius 2 is 2.29 bits per heavy atom. The van der Waals surface area contributed by atoms with E-state index >= 15 is 0 Å². The van der Waals surface area contributed by atoms with Gasteiger partial charge in [-0.15, -0.1) is 0 Å². The fourth-order valence-electron chi connectivity index (χ4n) is 2.18. The Bertz CT molecular complexity index is 427. The summed E-state index contributed by atoms with van der Waals surface area (Å²) in [5, 5.41) is 18.7. The summed E-state index contributed by atoms with van der Waals surface area (Å²) in [6.45, 7) is 5.44. The first-order valence-corrected chi connectivity index (χ1v) is 5.84. The van der Waals surface area contributed by atoms with E-state index in [-0.39, 0.29) is 5.92 Å². The zero-order valence-electron chi connectivity index (χ0n) is 10.2. The molecule has 1 aromatic heterocycles. The number of pyridine rings is 1. The molecule has 0 unspecified atom stereocenters. The van der Waals surface area contributed by atoms with E-state index in [9.17, 15) is 5.11 Å². The molecule has 1 aliphatic rings. The quantitative estimate of drug-likeness (QED) is 0.839. The van der Waals surface area contributed by atoms with Crippen LogP contribution in [0, 0.1) is 17.2 Å². The fourth-order valence-corrected chi connectivity index (χ4v) is 2.18. The van der Waals surface area contributed by atoms with Gasteiger partial charge in [-0.25, -0.2) is 4.98 Å². The van der Waals surface area contributed by atoms with Crippen LogP contribution in [0.25, 0.3) is 0 Å². The van der Waals surface area contributed by atoms with E-state index in [2.05, 4.69) is 16.0 Å². The number of rotatable bonds is 2. The summed E-state index contributed by atoms with van der Waals surface area (Å²) in [6.07, 6.45) is 2.57. The van der Waals surface area contributed by atoms with Crippen molar-refractivity contribution in [2.24, 2.45) is 5.92 Å². The van der Waals surface area contributed by atoms with Crippen molar-refractivity contribution in [1.29, 1.82) is 5.26 Å². The topological polar surface area (TPSA) is 60.1 Å². The van der Waals surface area contributed by atoms with Crippen molar-refractivity contribution >= 4 is 5.82 Å². The van der Waals surface area contributed by atoms with Crippen LogP contribution in [0.4, 0.5) is 5.82 Å². The van der Waals surface area contributed by atoms with E-state index in [0.717, 1.165) is 25.3 Å². The molecule has 0 aliphatic carbocycles. The van der Waals surface area contributed by atoms with Crippen molar-refractivity contribution in [3.63, 3.8) is 0 Å². The third-order valence-electron chi connectivity index (χ3n) is 3.39. The van der Waals surface area contributed by atoms with Gasteiger partial charge in [0.2, 0.25) is 0 Å². The van der Waals surface area contributed by atoms with Crippen LogP contribution in [0.1, 0.15) is 25.8 Å². The molecule has 1 saturated heterocycles. The smallest absolute Gasteiger partial charge is 0.128 e. The van der Waals surface area contributed by atoms with Crippen LogP contribution in [0.3, 0.4) is 0 Å². The average Bonchev–Trinajstić information content (AvgIpc) is 2.78. The lowest BCUT2D eigenvalue weighted by Gasteiger charge is -2.25. The van der Waals surface area contributed by atoms with E-state index in [1.807, 2.05) is 19.9 Å². The Morgan fingerprint density at radius 3 is 2.76 bits per heavy atom. The molecule has 1 aromatic rings. The Hall–Kier alpha value is -1.60. The van der Waals surface area contributed by atoms with Gasteiger partial charge in [0, 0.05) is 25.2 Å². The molecule has 2 rings (SSSR count). The molecular weight excluding hydrogens is 214 g/mol. The molecule has 2 heterocycles. The number of aliphatic hydroxyl groups is 1. The molecule has 0 aromatic carbocycles. The number of nitrogens with zero attached hydrogens (tertiary/aromatic N) is 3. The summed E-state index contributed by atoms with van der Waals surface area (Å²) < 4.78 is 0. The highest BCUT2D eigenvalue weighted by molar-refractivity contribution is 5.42. The van der Waals surface area contributed by atoms with E-state index in [0.29, 0.717) is 5.56 Å². The second-order valence-corrected chi connectivity index (χ2v) is 5.10. The van der Waals surface area contributed by atoms with Crippen LogP contribution in [-0.4, -0.2) is 28.8 Å². The van der Waals surface area contributed by atoms with Crippen LogP contribution >= 0.6 is 0 Å². The number of nitriles is 1. The zero-order valence-corrected chi connectivity index (χ0v) is 10.2. The van der Waals surface area contributed by atoms with Crippen molar-refractivity contribution in [2.75, 3.05) is 18.0 Å². The summed E-state index contributed by atoms with van der Waals surface area (Å²) in [7, 11) is 0. The van der Waals surface area contributed by atoms with E-state index < -0.39 is 5.60 Å². The van der Waals surface area contributed by atoms with Crippen molar-refractivity contribution < 1.29 is 5.11 Å².